The molecule has 0 heterocycles. The van der Waals surface area contributed by atoms with Crippen LogP contribution in [0.2, 0.25) is 5.02 Å². The molecule has 168 valence electrons. The van der Waals surface area contributed by atoms with Crippen LogP contribution in [0.1, 0.15) is 24.5 Å². The highest BCUT2D eigenvalue weighted by Crippen LogP contribution is 2.47. The molecule has 2 unspecified atom stereocenters. The highest BCUT2D eigenvalue weighted by Gasteiger charge is 2.47. The zero-order valence-corrected chi connectivity index (χ0v) is 18.8. The summed E-state index contributed by atoms with van der Waals surface area (Å²) in [7, 11) is 3.02. The molecule has 6 nitrogen and oxygen atoms in total. The number of carbonyl (C=O) groups is 2. The van der Waals surface area contributed by atoms with Crippen LogP contribution in [0.15, 0.2) is 60.2 Å². The topological polar surface area (TPSA) is 93.1 Å². The van der Waals surface area contributed by atoms with E-state index >= 15 is 0 Å². The van der Waals surface area contributed by atoms with Crippen LogP contribution in [-0.4, -0.2) is 36.4 Å². The molecular formula is C25H25ClO6. The smallest absolute Gasteiger partial charge is 0.331 e. The van der Waals surface area contributed by atoms with Gasteiger partial charge in [0.25, 0.3) is 0 Å². The fourth-order valence-corrected chi connectivity index (χ4v) is 4.37. The summed E-state index contributed by atoms with van der Waals surface area (Å²) in [5, 5.41) is 20.8. The molecule has 0 amide bonds. The number of rotatable bonds is 8. The predicted octanol–water partition coefficient (Wildman–Crippen LogP) is 5.11. The number of methoxy groups -OCH3 is 2. The van der Waals surface area contributed by atoms with Crippen molar-refractivity contribution >= 4 is 29.1 Å². The van der Waals surface area contributed by atoms with Gasteiger partial charge in [-0.3, -0.25) is 4.79 Å². The van der Waals surface area contributed by atoms with Gasteiger partial charge in [0.05, 0.1) is 19.6 Å². The van der Waals surface area contributed by atoms with Gasteiger partial charge in [0, 0.05) is 22.1 Å². The van der Waals surface area contributed by atoms with Crippen molar-refractivity contribution in [2.24, 2.45) is 11.3 Å². The van der Waals surface area contributed by atoms with Crippen LogP contribution in [0.4, 0.5) is 0 Å². The lowest BCUT2D eigenvalue weighted by atomic mass is 9.65. The van der Waals surface area contributed by atoms with E-state index < -0.39 is 23.3 Å². The van der Waals surface area contributed by atoms with Crippen LogP contribution in [0.5, 0.6) is 11.5 Å². The Kier molecular flexibility index (Phi) is 6.94. The summed E-state index contributed by atoms with van der Waals surface area (Å²) in [5.41, 5.74) is 0.389. The highest BCUT2D eigenvalue weighted by atomic mass is 35.5. The van der Waals surface area contributed by atoms with E-state index in [2.05, 4.69) is 0 Å². The predicted molar refractivity (Wildman–Crippen MR) is 122 cm³/mol. The second kappa shape index (κ2) is 9.49. The molecule has 0 spiro atoms. The van der Waals surface area contributed by atoms with Crippen molar-refractivity contribution < 1.29 is 29.3 Å². The third kappa shape index (κ3) is 4.36. The van der Waals surface area contributed by atoms with E-state index in [9.17, 15) is 19.8 Å². The number of halogens is 1. The van der Waals surface area contributed by atoms with Crippen LogP contribution in [0, 0.1) is 11.3 Å². The van der Waals surface area contributed by atoms with Crippen molar-refractivity contribution in [3.63, 3.8) is 0 Å². The van der Waals surface area contributed by atoms with Crippen LogP contribution in [-0.2, 0) is 16.0 Å². The van der Waals surface area contributed by atoms with E-state index in [1.165, 1.54) is 20.3 Å². The first kappa shape index (κ1) is 23.4. The molecule has 0 aromatic heterocycles. The Bertz CT molecular complexity index is 1100. The molecule has 3 rings (SSSR count). The lowest BCUT2D eigenvalue weighted by Crippen LogP contribution is -2.40. The summed E-state index contributed by atoms with van der Waals surface area (Å²) in [6.45, 7) is 1.64. The van der Waals surface area contributed by atoms with Crippen molar-refractivity contribution in [1.29, 1.82) is 0 Å². The van der Waals surface area contributed by atoms with Gasteiger partial charge >= 0.3 is 11.9 Å². The number of hydrogen-bond acceptors (Lipinski definition) is 4. The molecule has 1 aliphatic carbocycles. The van der Waals surface area contributed by atoms with Gasteiger partial charge in [0.15, 0.2) is 0 Å². The van der Waals surface area contributed by atoms with Crippen LogP contribution in [0.3, 0.4) is 0 Å². The third-order valence-electron chi connectivity index (χ3n) is 6.09. The van der Waals surface area contributed by atoms with Crippen LogP contribution in [0.25, 0.3) is 5.57 Å². The Labute approximate surface area is 191 Å². The SMILES string of the molecule is COc1ccc(OC)c(C2=CC(CCc3ccccc3Cl)(C(=O)O)C(C)C(C(=O)O)=C2)c1. The summed E-state index contributed by atoms with van der Waals surface area (Å²) < 4.78 is 10.8. The number of aryl methyl sites for hydroxylation is 1. The van der Waals surface area contributed by atoms with Crippen molar-refractivity contribution in [2.75, 3.05) is 14.2 Å². The van der Waals surface area contributed by atoms with Gasteiger partial charge < -0.3 is 19.7 Å². The van der Waals surface area contributed by atoms with E-state index in [1.54, 1.807) is 43.3 Å². The van der Waals surface area contributed by atoms with Crippen molar-refractivity contribution in [1.82, 2.24) is 0 Å². The number of carboxylic acids is 2. The molecule has 0 saturated carbocycles. The number of benzene rings is 2. The summed E-state index contributed by atoms with van der Waals surface area (Å²) in [6.07, 6.45) is 3.71. The average molecular weight is 457 g/mol. The van der Waals surface area contributed by atoms with Gasteiger partial charge in [-0.05, 0) is 54.3 Å². The minimum Gasteiger partial charge on any atom is -0.497 e. The van der Waals surface area contributed by atoms with Gasteiger partial charge in [-0.25, -0.2) is 4.79 Å². The first-order chi connectivity index (χ1) is 15.2. The molecule has 2 atom stereocenters. The highest BCUT2D eigenvalue weighted by molar-refractivity contribution is 6.31. The van der Waals surface area contributed by atoms with Gasteiger partial charge in [0.2, 0.25) is 0 Å². The van der Waals surface area contributed by atoms with Gasteiger partial charge in [-0.15, -0.1) is 0 Å². The summed E-state index contributed by atoms with van der Waals surface area (Å²) in [5.74, 6) is -1.99. The lowest BCUT2D eigenvalue weighted by Gasteiger charge is -2.37. The number of ether oxygens (including phenoxy) is 2. The quantitative estimate of drug-likeness (QED) is 0.573. The van der Waals surface area contributed by atoms with Crippen LogP contribution < -0.4 is 9.47 Å². The average Bonchev–Trinajstić information content (AvgIpc) is 2.78. The fraction of sp³-hybridized carbons (Fsp3) is 0.280. The maximum Gasteiger partial charge on any atom is 0.331 e. The number of carboxylic acid groups (broad SMARTS) is 2. The summed E-state index contributed by atoms with van der Waals surface area (Å²) in [6, 6.07) is 12.4. The zero-order valence-electron chi connectivity index (χ0n) is 18.1. The first-order valence-corrected chi connectivity index (χ1v) is 10.5. The monoisotopic (exact) mass is 456 g/mol. The van der Waals surface area contributed by atoms with E-state index in [0.29, 0.717) is 34.1 Å². The van der Waals surface area contributed by atoms with Crippen molar-refractivity contribution in [3.8, 4) is 11.5 Å². The lowest BCUT2D eigenvalue weighted by molar-refractivity contribution is -0.148. The second-order valence-electron chi connectivity index (χ2n) is 7.73. The molecule has 0 radical (unpaired) electrons. The largest absolute Gasteiger partial charge is 0.497 e. The molecule has 0 fully saturated rings. The number of allylic oxidation sites excluding steroid dienone is 2. The van der Waals surface area contributed by atoms with Gasteiger partial charge in [0.1, 0.15) is 11.5 Å². The molecule has 0 bridgehead atoms. The molecule has 0 saturated heterocycles. The first-order valence-electron chi connectivity index (χ1n) is 10.1. The fourth-order valence-electron chi connectivity index (χ4n) is 4.14. The van der Waals surface area contributed by atoms with E-state index in [0.717, 1.165) is 5.56 Å². The standard InChI is InChI=1S/C25H25ClO6/c1-15-19(23(27)28)12-17(20-13-18(31-2)8-9-22(20)32-3)14-25(15,24(29)30)11-10-16-6-4-5-7-21(16)26/h4-9,12-15H,10-11H2,1-3H3,(H,27,28)(H,29,30). The Hall–Kier alpha value is -3.25. The Morgan fingerprint density at radius 2 is 1.81 bits per heavy atom. The maximum absolute atomic E-state index is 12.7. The van der Waals surface area contributed by atoms with E-state index in [-0.39, 0.29) is 12.0 Å². The van der Waals surface area contributed by atoms with E-state index in [4.69, 9.17) is 21.1 Å². The van der Waals surface area contributed by atoms with Crippen molar-refractivity contribution in [2.45, 2.75) is 19.8 Å². The molecule has 32 heavy (non-hydrogen) atoms. The Balaban J connectivity index is 2.17. The molecule has 0 aliphatic heterocycles. The number of aliphatic carboxylic acids is 2. The Morgan fingerprint density at radius 1 is 1.09 bits per heavy atom. The normalized spacial score (nSPS) is 20.2. The minimum absolute atomic E-state index is 0.0222. The zero-order chi connectivity index (χ0) is 23.5. The minimum atomic E-state index is -1.45. The molecule has 7 heteroatoms. The third-order valence-corrected chi connectivity index (χ3v) is 6.46. The molecular weight excluding hydrogens is 432 g/mol. The van der Waals surface area contributed by atoms with Crippen LogP contribution >= 0.6 is 11.6 Å². The van der Waals surface area contributed by atoms with Gasteiger partial charge in [-0.2, -0.15) is 0 Å². The summed E-state index contributed by atoms with van der Waals surface area (Å²) >= 11 is 6.28. The maximum atomic E-state index is 12.7. The van der Waals surface area contributed by atoms with Crippen molar-refractivity contribution in [3.05, 3.63) is 76.3 Å². The molecule has 2 N–H and O–H groups in total. The molecule has 1 aliphatic rings. The molecule has 2 aromatic rings. The van der Waals surface area contributed by atoms with E-state index in [1.807, 2.05) is 12.1 Å². The second-order valence-corrected chi connectivity index (χ2v) is 8.14. The van der Waals surface area contributed by atoms with Gasteiger partial charge in [-0.1, -0.05) is 42.8 Å². The number of hydrogen-bond donors (Lipinski definition) is 2. The Morgan fingerprint density at radius 3 is 2.41 bits per heavy atom. The molecule has 2 aromatic carbocycles. The summed E-state index contributed by atoms with van der Waals surface area (Å²) in [4.78, 5) is 24.8.